The number of rotatable bonds is 3. The normalized spacial score (nSPS) is 24.7. The first-order valence-electron chi connectivity index (χ1n) is 6.31. The number of primary sulfonamides is 1. The molecule has 2 unspecified atom stereocenters. The summed E-state index contributed by atoms with van der Waals surface area (Å²) in [4.78, 5) is 6.49. The molecule has 0 aromatic carbocycles. The zero-order valence-electron chi connectivity index (χ0n) is 11.2. The summed E-state index contributed by atoms with van der Waals surface area (Å²) < 4.78 is 23.1. The first-order chi connectivity index (χ1) is 8.84. The number of aryl methyl sites for hydroxylation is 1. The van der Waals surface area contributed by atoms with Crippen molar-refractivity contribution in [2.24, 2.45) is 16.8 Å². The van der Waals surface area contributed by atoms with E-state index in [2.05, 4.69) is 16.8 Å². The molecule has 0 aliphatic carbocycles. The second kappa shape index (κ2) is 5.35. The highest BCUT2D eigenvalue weighted by Gasteiger charge is 2.30. The molecule has 1 saturated heterocycles. The van der Waals surface area contributed by atoms with Gasteiger partial charge in [0.2, 0.25) is 10.0 Å². The third-order valence-electron chi connectivity index (χ3n) is 3.60. The van der Waals surface area contributed by atoms with Crippen molar-refractivity contribution in [2.45, 2.75) is 36.9 Å². The summed E-state index contributed by atoms with van der Waals surface area (Å²) >= 11 is 1.14. The van der Waals surface area contributed by atoms with Crippen molar-refractivity contribution in [2.75, 3.05) is 18.0 Å². The SMILES string of the molecule is Cc1nc(N2CCCC(C)C2CN)sc1S(N)(=O)=O. The zero-order chi connectivity index (χ0) is 14.2. The fourth-order valence-corrected chi connectivity index (χ4v) is 4.63. The van der Waals surface area contributed by atoms with E-state index in [0.717, 1.165) is 30.7 Å². The maximum absolute atomic E-state index is 11.5. The van der Waals surface area contributed by atoms with Crippen LogP contribution in [-0.2, 0) is 10.0 Å². The number of piperidine rings is 1. The molecule has 0 spiro atoms. The van der Waals surface area contributed by atoms with E-state index >= 15 is 0 Å². The van der Waals surface area contributed by atoms with E-state index in [1.54, 1.807) is 6.92 Å². The lowest BCUT2D eigenvalue weighted by Gasteiger charge is -2.39. The summed E-state index contributed by atoms with van der Waals surface area (Å²) in [6.07, 6.45) is 2.21. The van der Waals surface area contributed by atoms with Crippen LogP contribution in [0.5, 0.6) is 0 Å². The van der Waals surface area contributed by atoms with Gasteiger partial charge in [-0.25, -0.2) is 18.5 Å². The lowest BCUT2D eigenvalue weighted by molar-refractivity contribution is 0.349. The summed E-state index contributed by atoms with van der Waals surface area (Å²) in [5.41, 5.74) is 6.31. The fourth-order valence-electron chi connectivity index (χ4n) is 2.60. The van der Waals surface area contributed by atoms with Gasteiger partial charge in [0.1, 0.15) is 0 Å². The van der Waals surface area contributed by atoms with Gasteiger partial charge in [0, 0.05) is 19.1 Å². The van der Waals surface area contributed by atoms with Gasteiger partial charge in [-0.15, -0.1) is 0 Å². The molecular weight excluding hydrogens is 284 g/mol. The fraction of sp³-hybridized carbons (Fsp3) is 0.727. The van der Waals surface area contributed by atoms with Gasteiger partial charge in [-0.1, -0.05) is 18.3 Å². The van der Waals surface area contributed by atoms with Crippen molar-refractivity contribution in [3.8, 4) is 0 Å². The molecule has 1 aromatic heterocycles. The molecule has 8 heteroatoms. The Morgan fingerprint density at radius 2 is 2.21 bits per heavy atom. The average molecular weight is 304 g/mol. The lowest BCUT2D eigenvalue weighted by Crippen LogP contribution is -2.48. The largest absolute Gasteiger partial charge is 0.344 e. The van der Waals surface area contributed by atoms with Crippen molar-refractivity contribution >= 4 is 26.5 Å². The van der Waals surface area contributed by atoms with Gasteiger partial charge < -0.3 is 10.6 Å². The molecule has 0 saturated carbocycles. The monoisotopic (exact) mass is 304 g/mol. The number of thiazole rings is 1. The number of aromatic nitrogens is 1. The molecule has 2 atom stereocenters. The minimum absolute atomic E-state index is 0.150. The smallest absolute Gasteiger partial charge is 0.249 e. The van der Waals surface area contributed by atoms with Gasteiger partial charge in [0.15, 0.2) is 9.34 Å². The van der Waals surface area contributed by atoms with Crippen LogP contribution in [0.3, 0.4) is 0 Å². The van der Waals surface area contributed by atoms with Crippen LogP contribution >= 0.6 is 11.3 Å². The molecule has 1 fully saturated rings. The Morgan fingerprint density at radius 3 is 2.74 bits per heavy atom. The standard InChI is InChI=1S/C11H20N4O2S2/c1-7-4-3-5-15(9(7)6-12)11-14-8(2)10(18-11)19(13,16)17/h7,9H,3-6,12H2,1-2H3,(H2,13,16,17). The average Bonchev–Trinajstić information content (AvgIpc) is 2.70. The highest BCUT2D eigenvalue weighted by molar-refractivity contribution is 7.91. The van der Waals surface area contributed by atoms with E-state index in [4.69, 9.17) is 10.9 Å². The van der Waals surface area contributed by atoms with Crippen LogP contribution in [0.1, 0.15) is 25.5 Å². The van der Waals surface area contributed by atoms with Crippen LogP contribution < -0.4 is 15.8 Å². The van der Waals surface area contributed by atoms with Crippen molar-refractivity contribution in [1.29, 1.82) is 0 Å². The van der Waals surface area contributed by atoms with Crippen LogP contribution in [0, 0.1) is 12.8 Å². The van der Waals surface area contributed by atoms with E-state index in [0.29, 0.717) is 23.3 Å². The van der Waals surface area contributed by atoms with Gasteiger partial charge in [-0.2, -0.15) is 0 Å². The molecule has 108 valence electrons. The van der Waals surface area contributed by atoms with E-state index in [1.165, 1.54) is 0 Å². The van der Waals surface area contributed by atoms with Gasteiger partial charge in [0.25, 0.3) is 0 Å². The Hall–Kier alpha value is -0.700. The third kappa shape index (κ3) is 2.91. The Labute approximate surface area is 117 Å². The lowest BCUT2D eigenvalue weighted by atomic mass is 9.91. The second-order valence-electron chi connectivity index (χ2n) is 5.03. The molecule has 0 radical (unpaired) electrons. The number of nitrogens with two attached hydrogens (primary N) is 2. The van der Waals surface area contributed by atoms with Crippen LogP contribution in [0.25, 0.3) is 0 Å². The maximum atomic E-state index is 11.5. The summed E-state index contributed by atoms with van der Waals surface area (Å²) in [6.45, 7) is 5.25. The molecule has 0 amide bonds. The highest BCUT2D eigenvalue weighted by atomic mass is 32.2. The first kappa shape index (κ1) is 14.7. The zero-order valence-corrected chi connectivity index (χ0v) is 12.8. The van der Waals surface area contributed by atoms with Gasteiger partial charge in [-0.05, 0) is 25.7 Å². The summed E-state index contributed by atoms with van der Waals surface area (Å²) in [7, 11) is -3.69. The molecule has 0 bridgehead atoms. The van der Waals surface area contributed by atoms with Crippen LogP contribution in [0.15, 0.2) is 4.21 Å². The Kier molecular flexibility index (Phi) is 4.14. The summed E-state index contributed by atoms with van der Waals surface area (Å²) in [5, 5.41) is 5.91. The van der Waals surface area contributed by atoms with Crippen LogP contribution in [-0.4, -0.2) is 32.5 Å². The Morgan fingerprint density at radius 1 is 1.53 bits per heavy atom. The Bertz CT molecular complexity index is 555. The minimum Gasteiger partial charge on any atom is -0.344 e. The van der Waals surface area contributed by atoms with Crippen molar-refractivity contribution in [1.82, 2.24) is 4.98 Å². The molecule has 1 aliphatic heterocycles. The van der Waals surface area contributed by atoms with E-state index in [-0.39, 0.29) is 10.3 Å². The third-order valence-corrected chi connectivity index (χ3v) is 6.35. The Balaban J connectivity index is 2.36. The van der Waals surface area contributed by atoms with Crippen LogP contribution in [0.4, 0.5) is 5.13 Å². The number of sulfonamides is 1. The highest BCUT2D eigenvalue weighted by Crippen LogP contribution is 2.34. The maximum Gasteiger partial charge on any atom is 0.249 e. The topological polar surface area (TPSA) is 102 Å². The van der Waals surface area contributed by atoms with E-state index in [9.17, 15) is 8.42 Å². The number of anilines is 1. The molecule has 4 N–H and O–H groups in total. The molecule has 2 heterocycles. The molecule has 1 aliphatic rings. The molecular formula is C11H20N4O2S2. The first-order valence-corrected chi connectivity index (χ1v) is 8.67. The van der Waals surface area contributed by atoms with Crippen molar-refractivity contribution in [3.05, 3.63) is 5.69 Å². The number of nitrogens with zero attached hydrogens (tertiary/aromatic N) is 2. The van der Waals surface area contributed by atoms with E-state index in [1.807, 2.05) is 0 Å². The molecule has 19 heavy (non-hydrogen) atoms. The number of hydrogen-bond acceptors (Lipinski definition) is 6. The second-order valence-corrected chi connectivity index (χ2v) is 7.76. The van der Waals surface area contributed by atoms with Crippen molar-refractivity contribution in [3.63, 3.8) is 0 Å². The van der Waals surface area contributed by atoms with Crippen molar-refractivity contribution < 1.29 is 8.42 Å². The van der Waals surface area contributed by atoms with Gasteiger partial charge in [0.05, 0.1) is 5.69 Å². The van der Waals surface area contributed by atoms with Gasteiger partial charge >= 0.3 is 0 Å². The minimum atomic E-state index is -3.69. The summed E-state index contributed by atoms with van der Waals surface area (Å²) in [6, 6.07) is 0.215. The molecule has 1 aromatic rings. The summed E-state index contributed by atoms with van der Waals surface area (Å²) in [5.74, 6) is 0.487. The predicted molar refractivity (Wildman–Crippen MR) is 76.8 cm³/mol. The van der Waals surface area contributed by atoms with E-state index < -0.39 is 10.0 Å². The predicted octanol–water partition coefficient (Wildman–Crippen LogP) is 0.663. The van der Waals surface area contributed by atoms with Crippen LogP contribution in [0.2, 0.25) is 0 Å². The quantitative estimate of drug-likeness (QED) is 0.854. The van der Waals surface area contributed by atoms with Gasteiger partial charge in [-0.3, -0.25) is 0 Å². The number of hydrogen-bond donors (Lipinski definition) is 2. The molecule has 2 rings (SSSR count). The molecule has 6 nitrogen and oxygen atoms in total.